The van der Waals surface area contributed by atoms with Gasteiger partial charge in [0.1, 0.15) is 6.33 Å². The zero-order chi connectivity index (χ0) is 13.0. The fraction of sp³-hybridized carbons (Fsp3) is 0.167. The normalized spacial score (nSPS) is 10.1. The molecule has 0 fully saturated rings. The van der Waals surface area contributed by atoms with E-state index in [0.717, 1.165) is 11.3 Å². The third-order valence-electron chi connectivity index (χ3n) is 2.29. The topological polar surface area (TPSA) is 72.7 Å². The van der Waals surface area contributed by atoms with E-state index in [-0.39, 0.29) is 5.91 Å². The van der Waals surface area contributed by atoms with Crippen molar-refractivity contribution in [1.82, 2.24) is 25.5 Å². The number of tetrazole rings is 1. The van der Waals surface area contributed by atoms with E-state index < -0.39 is 0 Å². The van der Waals surface area contributed by atoms with Crippen molar-refractivity contribution in [2.24, 2.45) is 0 Å². The number of carbonyl (C=O) groups excluding carboxylic acids is 1. The van der Waals surface area contributed by atoms with Crippen LogP contribution in [0.25, 0.3) is 5.69 Å². The second-order valence-electron chi connectivity index (χ2n) is 3.94. The highest BCUT2D eigenvalue weighted by molar-refractivity contribution is 5.94. The molecular weight excluding hydrogens is 230 g/mol. The van der Waals surface area contributed by atoms with E-state index in [4.69, 9.17) is 0 Å². The van der Waals surface area contributed by atoms with Crippen molar-refractivity contribution in [3.63, 3.8) is 0 Å². The maximum Gasteiger partial charge on any atom is 0.251 e. The van der Waals surface area contributed by atoms with Crippen LogP contribution in [0.2, 0.25) is 0 Å². The molecule has 18 heavy (non-hydrogen) atoms. The van der Waals surface area contributed by atoms with Gasteiger partial charge in [-0.3, -0.25) is 4.79 Å². The Bertz CT molecular complexity index is 544. The van der Waals surface area contributed by atoms with Gasteiger partial charge in [0, 0.05) is 12.1 Å². The largest absolute Gasteiger partial charge is 0.348 e. The number of amides is 1. The van der Waals surface area contributed by atoms with Crippen LogP contribution in [0.1, 0.15) is 17.3 Å². The minimum absolute atomic E-state index is 0.124. The Morgan fingerprint density at radius 1 is 1.39 bits per heavy atom. The number of hydrogen-bond acceptors (Lipinski definition) is 4. The first-order chi connectivity index (χ1) is 8.66. The highest BCUT2D eigenvalue weighted by Gasteiger charge is 2.05. The summed E-state index contributed by atoms with van der Waals surface area (Å²) in [6.07, 6.45) is 1.50. The molecule has 2 aromatic rings. The highest BCUT2D eigenvalue weighted by Crippen LogP contribution is 2.07. The van der Waals surface area contributed by atoms with Crippen LogP contribution in [0.3, 0.4) is 0 Å². The first-order valence-corrected chi connectivity index (χ1v) is 5.43. The van der Waals surface area contributed by atoms with Gasteiger partial charge in [-0.15, -0.1) is 5.10 Å². The number of nitrogens with zero attached hydrogens (tertiary/aromatic N) is 4. The maximum atomic E-state index is 11.7. The van der Waals surface area contributed by atoms with E-state index in [0.29, 0.717) is 12.1 Å². The maximum absolute atomic E-state index is 11.7. The molecule has 0 atom stereocenters. The monoisotopic (exact) mass is 243 g/mol. The number of rotatable bonds is 4. The summed E-state index contributed by atoms with van der Waals surface area (Å²) in [6, 6.07) is 7.02. The van der Waals surface area contributed by atoms with Gasteiger partial charge in [-0.05, 0) is 41.6 Å². The third-order valence-corrected chi connectivity index (χ3v) is 2.29. The summed E-state index contributed by atoms with van der Waals surface area (Å²) in [5.74, 6) is -0.124. The van der Waals surface area contributed by atoms with Crippen LogP contribution in [0.5, 0.6) is 0 Å². The summed E-state index contributed by atoms with van der Waals surface area (Å²) in [5.41, 5.74) is 2.30. The van der Waals surface area contributed by atoms with Crippen molar-refractivity contribution in [1.29, 1.82) is 0 Å². The number of hydrogen-bond donors (Lipinski definition) is 1. The quantitative estimate of drug-likeness (QED) is 0.812. The van der Waals surface area contributed by atoms with Crippen molar-refractivity contribution in [3.8, 4) is 5.69 Å². The molecule has 0 aliphatic carbocycles. The highest BCUT2D eigenvalue weighted by atomic mass is 16.1. The smallest absolute Gasteiger partial charge is 0.251 e. The molecule has 0 saturated carbocycles. The van der Waals surface area contributed by atoms with Crippen molar-refractivity contribution < 1.29 is 4.79 Å². The van der Waals surface area contributed by atoms with Gasteiger partial charge in [-0.25, -0.2) is 4.68 Å². The standard InChI is InChI=1S/C12H13N5O/c1-9(2)7-13-12(18)10-3-5-11(6-4-10)17-8-14-15-16-17/h3-6,8H,1,7H2,2H3,(H,13,18). The third kappa shape index (κ3) is 2.79. The van der Waals surface area contributed by atoms with Crippen LogP contribution >= 0.6 is 0 Å². The van der Waals surface area contributed by atoms with Gasteiger partial charge in [-0.2, -0.15) is 0 Å². The van der Waals surface area contributed by atoms with Crippen molar-refractivity contribution >= 4 is 5.91 Å². The molecule has 1 N–H and O–H groups in total. The SMILES string of the molecule is C=C(C)CNC(=O)c1ccc(-n2cnnn2)cc1. The number of nitrogens with one attached hydrogen (secondary N) is 1. The van der Waals surface area contributed by atoms with Gasteiger partial charge in [0.15, 0.2) is 0 Å². The summed E-state index contributed by atoms with van der Waals surface area (Å²) in [7, 11) is 0. The molecule has 6 heteroatoms. The van der Waals surface area contributed by atoms with Crippen LogP contribution in [-0.4, -0.2) is 32.7 Å². The Morgan fingerprint density at radius 2 is 2.11 bits per heavy atom. The Morgan fingerprint density at radius 3 is 2.67 bits per heavy atom. The Hall–Kier alpha value is -2.50. The molecule has 92 valence electrons. The molecule has 0 spiro atoms. The van der Waals surface area contributed by atoms with E-state index >= 15 is 0 Å². The van der Waals surface area contributed by atoms with Crippen LogP contribution in [0.15, 0.2) is 42.7 Å². The molecule has 0 radical (unpaired) electrons. The van der Waals surface area contributed by atoms with Crippen LogP contribution < -0.4 is 5.32 Å². The summed E-state index contributed by atoms with van der Waals surface area (Å²) in [4.78, 5) is 11.7. The van der Waals surface area contributed by atoms with Gasteiger partial charge < -0.3 is 5.32 Å². The summed E-state index contributed by atoms with van der Waals surface area (Å²) < 4.78 is 1.52. The van der Waals surface area contributed by atoms with Gasteiger partial charge in [0.05, 0.1) is 5.69 Å². The molecule has 0 saturated heterocycles. The zero-order valence-corrected chi connectivity index (χ0v) is 10.00. The molecule has 0 aliphatic heterocycles. The summed E-state index contributed by atoms with van der Waals surface area (Å²) >= 11 is 0. The molecule has 1 heterocycles. The van der Waals surface area contributed by atoms with E-state index in [1.54, 1.807) is 24.3 Å². The summed E-state index contributed by atoms with van der Waals surface area (Å²) in [5, 5.41) is 13.6. The predicted molar refractivity (Wildman–Crippen MR) is 66.3 cm³/mol. The molecule has 0 aliphatic rings. The average Bonchev–Trinajstić information content (AvgIpc) is 2.90. The van der Waals surface area contributed by atoms with Gasteiger partial charge in [0.25, 0.3) is 5.91 Å². The fourth-order valence-corrected chi connectivity index (χ4v) is 1.38. The van der Waals surface area contributed by atoms with E-state index in [1.165, 1.54) is 11.0 Å². The lowest BCUT2D eigenvalue weighted by atomic mass is 10.2. The summed E-state index contributed by atoms with van der Waals surface area (Å²) in [6.45, 7) is 6.07. The Labute approximate surface area is 104 Å². The second-order valence-corrected chi connectivity index (χ2v) is 3.94. The predicted octanol–water partition coefficient (Wildman–Crippen LogP) is 0.968. The number of aromatic nitrogens is 4. The van der Waals surface area contributed by atoms with Gasteiger partial charge >= 0.3 is 0 Å². The number of carbonyl (C=O) groups is 1. The minimum Gasteiger partial charge on any atom is -0.348 e. The molecule has 2 rings (SSSR count). The van der Waals surface area contributed by atoms with Crippen LogP contribution in [-0.2, 0) is 0 Å². The first kappa shape index (κ1) is 12.0. The van der Waals surface area contributed by atoms with Gasteiger partial charge in [0.2, 0.25) is 0 Å². The fourth-order valence-electron chi connectivity index (χ4n) is 1.38. The lowest BCUT2D eigenvalue weighted by Crippen LogP contribution is -2.24. The van der Waals surface area contributed by atoms with E-state index in [1.807, 2.05) is 6.92 Å². The number of benzene rings is 1. The molecule has 1 aromatic heterocycles. The molecule has 1 amide bonds. The second kappa shape index (κ2) is 5.22. The molecular formula is C12H13N5O. The van der Waals surface area contributed by atoms with E-state index in [9.17, 15) is 4.79 Å². The first-order valence-electron chi connectivity index (χ1n) is 5.43. The Kier molecular flexibility index (Phi) is 3.47. The van der Waals surface area contributed by atoms with Crippen molar-refractivity contribution in [2.45, 2.75) is 6.92 Å². The van der Waals surface area contributed by atoms with Crippen molar-refractivity contribution in [3.05, 3.63) is 48.3 Å². The van der Waals surface area contributed by atoms with Gasteiger partial charge in [-0.1, -0.05) is 12.2 Å². The van der Waals surface area contributed by atoms with Crippen LogP contribution in [0.4, 0.5) is 0 Å². The minimum atomic E-state index is -0.124. The van der Waals surface area contributed by atoms with E-state index in [2.05, 4.69) is 27.4 Å². The molecule has 0 unspecified atom stereocenters. The lowest BCUT2D eigenvalue weighted by molar-refractivity contribution is 0.0957. The average molecular weight is 243 g/mol. The Balaban J connectivity index is 2.08. The van der Waals surface area contributed by atoms with Crippen LogP contribution in [0, 0.1) is 0 Å². The lowest BCUT2D eigenvalue weighted by Gasteiger charge is -2.05. The molecule has 1 aromatic carbocycles. The zero-order valence-electron chi connectivity index (χ0n) is 10.00. The van der Waals surface area contributed by atoms with Crippen molar-refractivity contribution in [2.75, 3.05) is 6.54 Å². The molecule has 0 bridgehead atoms. The molecule has 6 nitrogen and oxygen atoms in total.